The van der Waals surface area contributed by atoms with Crippen molar-refractivity contribution in [2.75, 3.05) is 0 Å². The number of hydrogen-bond acceptors (Lipinski definition) is 5. The summed E-state index contributed by atoms with van der Waals surface area (Å²) in [5.74, 6) is -3.18. The first kappa shape index (κ1) is 18.5. The van der Waals surface area contributed by atoms with Crippen molar-refractivity contribution in [2.24, 2.45) is 0 Å². The third-order valence-corrected chi connectivity index (χ3v) is 5.29. The van der Waals surface area contributed by atoms with Gasteiger partial charge < -0.3 is 15.3 Å². The SMILES string of the molecule is O=C(O)Cc1ccc2sc3c(CC(=O)O)cc(CC(=O)O)cc3c(=O)c2c1. The highest BCUT2D eigenvalue weighted by Gasteiger charge is 2.15. The number of carboxylic acids is 3. The van der Waals surface area contributed by atoms with Crippen LogP contribution in [0.15, 0.2) is 35.1 Å². The second-order valence-corrected chi connectivity index (χ2v) is 7.16. The minimum atomic E-state index is -1.09. The Morgan fingerprint density at radius 3 is 2.00 bits per heavy atom. The first-order chi connectivity index (χ1) is 12.7. The van der Waals surface area contributed by atoms with Crippen molar-refractivity contribution in [3.05, 3.63) is 57.2 Å². The maximum absolute atomic E-state index is 13.0. The van der Waals surface area contributed by atoms with Crippen molar-refractivity contribution in [3.8, 4) is 0 Å². The van der Waals surface area contributed by atoms with Gasteiger partial charge in [0.05, 0.1) is 19.3 Å². The smallest absolute Gasteiger partial charge is 0.307 e. The average molecular weight is 386 g/mol. The molecule has 3 rings (SSSR count). The summed E-state index contributed by atoms with van der Waals surface area (Å²) in [5.41, 5.74) is 0.836. The molecule has 8 heteroatoms. The van der Waals surface area contributed by atoms with E-state index in [1.165, 1.54) is 29.5 Å². The molecule has 3 aromatic rings. The van der Waals surface area contributed by atoms with Gasteiger partial charge in [0, 0.05) is 20.2 Å². The fraction of sp³-hybridized carbons (Fsp3) is 0.158. The number of carbonyl (C=O) groups is 3. The van der Waals surface area contributed by atoms with E-state index in [1.807, 2.05) is 0 Å². The van der Waals surface area contributed by atoms with Gasteiger partial charge >= 0.3 is 17.9 Å². The predicted octanol–water partition coefficient (Wildman–Crippen LogP) is 2.30. The van der Waals surface area contributed by atoms with E-state index >= 15 is 0 Å². The van der Waals surface area contributed by atoms with Crippen molar-refractivity contribution >= 4 is 49.4 Å². The van der Waals surface area contributed by atoms with Gasteiger partial charge in [0.2, 0.25) is 0 Å². The zero-order valence-electron chi connectivity index (χ0n) is 13.9. The third-order valence-electron chi connectivity index (χ3n) is 4.02. The minimum Gasteiger partial charge on any atom is -0.481 e. The molecule has 27 heavy (non-hydrogen) atoms. The van der Waals surface area contributed by atoms with E-state index < -0.39 is 17.9 Å². The highest BCUT2D eigenvalue weighted by molar-refractivity contribution is 7.24. The molecule has 0 amide bonds. The Morgan fingerprint density at radius 1 is 0.778 bits per heavy atom. The maximum atomic E-state index is 13.0. The molecule has 0 bridgehead atoms. The summed E-state index contributed by atoms with van der Waals surface area (Å²) in [6.45, 7) is 0. The molecule has 0 fully saturated rings. The lowest BCUT2D eigenvalue weighted by Gasteiger charge is -2.09. The lowest BCUT2D eigenvalue weighted by molar-refractivity contribution is -0.137. The maximum Gasteiger partial charge on any atom is 0.307 e. The fourth-order valence-electron chi connectivity index (χ4n) is 3.00. The van der Waals surface area contributed by atoms with Crippen LogP contribution in [0, 0.1) is 0 Å². The van der Waals surface area contributed by atoms with Crippen LogP contribution in [-0.2, 0) is 33.6 Å². The molecule has 3 N–H and O–H groups in total. The Labute approximate surface area is 156 Å². The Hall–Kier alpha value is -3.26. The number of rotatable bonds is 6. The largest absolute Gasteiger partial charge is 0.481 e. The molecular weight excluding hydrogens is 372 g/mol. The molecule has 1 aromatic heterocycles. The van der Waals surface area contributed by atoms with Crippen LogP contribution >= 0.6 is 11.3 Å². The number of aliphatic carboxylic acids is 3. The first-order valence-corrected chi connectivity index (χ1v) is 8.73. The van der Waals surface area contributed by atoms with E-state index in [0.29, 0.717) is 31.5 Å². The molecule has 0 aliphatic carbocycles. The van der Waals surface area contributed by atoms with Gasteiger partial charge in [-0.25, -0.2) is 0 Å². The van der Waals surface area contributed by atoms with Gasteiger partial charge in [-0.3, -0.25) is 19.2 Å². The van der Waals surface area contributed by atoms with E-state index in [0.717, 1.165) is 0 Å². The summed E-state index contributed by atoms with van der Waals surface area (Å²) in [6.07, 6.45) is -0.881. The molecule has 0 radical (unpaired) electrons. The summed E-state index contributed by atoms with van der Waals surface area (Å²) in [5, 5.41) is 27.7. The summed E-state index contributed by atoms with van der Waals surface area (Å²) in [6, 6.07) is 7.76. The fourth-order valence-corrected chi connectivity index (χ4v) is 4.14. The molecule has 2 aromatic carbocycles. The zero-order valence-corrected chi connectivity index (χ0v) is 14.7. The molecule has 0 atom stereocenters. The molecule has 0 aliphatic rings. The van der Waals surface area contributed by atoms with Crippen molar-refractivity contribution in [2.45, 2.75) is 19.3 Å². The van der Waals surface area contributed by atoms with Crippen LogP contribution in [0.3, 0.4) is 0 Å². The molecule has 0 spiro atoms. The van der Waals surface area contributed by atoms with Crippen LogP contribution in [-0.4, -0.2) is 33.2 Å². The standard InChI is InChI=1S/C19H14O7S/c20-15(21)6-9-1-2-14-12(4-9)18(26)13-5-10(7-16(22)23)3-11(8-17(24)25)19(13)27-14/h1-5H,6-8H2,(H,20,21)(H,22,23)(H,24,25). The van der Waals surface area contributed by atoms with Gasteiger partial charge in [-0.2, -0.15) is 0 Å². The predicted molar refractivity (Wildman–Crippen MR) is 99.6 cm³/mol. The van der Waals surface area contributed by atoms with Crippen molar-refractivity contribution in [1.82, 2.24) is 0 Å². The topological polar surface area (TPSA) is 129 Å². The number of hydrogen-bond donors (Lipinski definition) is 3. The van der Waals surface area contributed by atoms with Gasteiger partial charge in [0.15, 0.2) is 5.43 Å². The van der Waals surface area contributed by atoms with Gasteiger partial charge in [-0.05, 0) is 34.9 Å². The monoisotopic (exact) mass is 386 g/mol. The van der Waals surface area contributed by atoms with Crippen molar-refractivity contribution < 1.29 is 29.7 Å². The quantitative estimate of drug-likeness (QED) is 0.554. The van der Waals surface area contributed by atoms with E-state index in [9.17, 15) is 19.2 Å². The Morgan fingerprint density at radius 2 is 1.37 bits per heavy atom. The van der Waals surface area contributed by atoms with Crippen LogP contribution in [0.5, 0.6) is 0 Å². The summed E-state index contributed by atoms with van der Waals surface area (Å²) < 4.78 is 1.11. The summed E-state index contributed by atoms with van der Waals surface area (Å²) in [4.78, 5) is 46.1. The Bertz CT molecular complexity index is 1160. The van der Waals surface area contributed by atoms with Gasteiger partial charge in [0.25, 0.3) is 0 Å². The highest BCUT2D eigenvalue weighted by atomic mass is 32.1. The van der Waals surface area contributed by atoms with Gasteiger partial charge in [-0.15, -0.1) is 11.3 Å². The second kappa shape index (κ2) is 7.16. The van der Waals surface area contributed by atoms with Crippen molar-refractivity contribution in [1.29, 1.82) is 0 Å². The molecule has 0 saturated carbocycles. The molecule has 0 unspecified atom stereocenters. The number of fused-ring (bicyclic) bond motifs is 2. The van der Waals surface area contributed by atoms with Crippen LogP contribution in [0.2, 0.25) is 0 Å². The Balaban J connectivity index is 2.31. The Kier molecular flexibility index (Phi) is 4.91. The lowest BCUT2D eigenvalue weighted by atomic mass is 10.0. The number of benzene rings is 2. The molecule has 0 saturated heterocycles. The van der Waals surface area contributed by atoms with E-state index in [4.69, 9.17) is 15.3 Å². The third kappa shape index (κ3) is 3.95. The van der Waals surface area contributed by atoms with Crippen LogP contribution < -0.4 is 5.43 Å². The second-order valence-electron chi connectivity index (χ2n) is 6.10. The molecule has 138 valence electrons. The number of carboxylic acid groups (broad SMARTS) is 3. The van der Waals surface area contributed by atoms with E-state index in [1.54, 1.807) is 12.1 Å². The van der Waals surface area contributed by atoms with Gasteiger partial charge in [0.1, 0.15) is 0 Å². The highest BCUT2D eigenvalue weighted by Crippen LogP contribution is 2.30. The van der Waals surface area contributed by atoms with E-state index in [-0.39, 0.29) is 30.1 Å². The average Bonchev–Trinajstić information content (AvgIpc) is 2.55. The lowest BCUT2D eigenvalue weighted by Crippen LogP contribution is -2.09. The summed E-state index contributed by atoms with van der Waals surface area (Å²) in [7, 11) is 0. The van der Waals surface area contributed by atoms with Crippen LogP contribution in [0.4, 0.5) is 0 Å². The molecular formula is C19H14O7S. The van der Waals surface area contributed by atoms with Gasteiger partial charge in [-0.1, -0.05) is 12.1 Å². The first-order valence-electron chi connectivity index (χ1n) is 7.91. The normalized spacial score (nSPS) is 11.0. The molecule has 7 nitrogen and oxygen atoms in total. The van der Waals surface area contributed by atoms with Crippen LogP contribution in [0.1, 0.15) is 16.7 Å². The van der Waals surface area contributed by atoms with Crippen LogP contribution in [0.25, 0.3) is 20.2 Å². The molecule has 0 aliphatic heterocycles. The summed E-state index contributed by atoms with van der Waals surface area (Å²) >= 11 is 1.23. The van der Waals surface area contributed by atoms with Crippen molar-refractivity contribution in [3.63, 3.8) is 0 Å². The minimum absolute atomic E-state index is 0.221. The van der Waals surface area contributed by atoms with E-state index in [2.05, 4.69) is 0 Å². The molecule has 1 heterocycles. The zero-order chi connectivity index (χ0) is 19.7.